The Morgan fingerprint density at radius 2 is 1.63 bits per heavy atom. The summed E-state index contributed by atoms with van der Waals surface area (Å²) in [5, 5.41) is 7.89. The molecular formula is C22H22N4O4. The number of carbonyl (C=O) groups is 4. The van der Waals surface area contributed by atoms with Gasteiger partial charge in [-0.3, -0.25) is 19.7 Å². The number of urea groups is 1. The molecule has 0 radical (unpaired) electrons. The molecule has 8 nitrogen and oxygen atoms in total. The van der Waals surface area contributed by atoms with Crippen LogP contribution in [0.15, 0.2) is 60.8 Å². The zero-order valence-electron chi connectivity index (χ0n) is 16.7. The number of barbiturate groups is 1. The Hall–Kier alpha value is -3.94. The molecule has 5 amide bonds. The van der Waals surface area contributed by atoms with Gasteiger partial charge in [0.1, 0.15) is 0 Å². The maximum absolute atomic E-state index is 13.0. The summed E-state index contributed by atoms with van der Waals surface area (Å²) in [6.45, 7) is 7.45. The smallest absolute Gasteiger partial charge is 0.335 e. The minimum atomic E-state index is -1.32. The quantitative estimate of drug-likeness (QED) is 0.639. The van der Waals surface area contributed by atoms with Crippen LogP contribution < -0.4 is 20.9 Å². The number of rotatable bonds is 6. The van der Waals surface area contributed by atoms with E-state index in [0.29, 0.717) is 23.5 Å². The van der Waals surface area contributed by atoms with Crippen LogP contribution in [0, 0.1) is 12.8 Å². The second kappa shape index (κ2) is 8.60. The molecule has 1 heterocycles. The van der Waals surface area contributed by atoms with Crippen molar-refractivity contribution >= 4 is 40.8 Å². The SMILES string of the molecule is C=C(Nc1ccccc1NC(=O)CC)[C@H]1C(=O)NC(=O)N(c2ccc(C)cc2)C1=O. The van der Waals surface area contributed by atoms with Crippen LogP contribution in [0.1, 0.15) is 18.9 Å². The van der Waals surface area contributed by atoms with Crippen LogP contribution in [0.2, 0.25) is 0 Å². The molecule has 0 saturated carbocycles. The molecule has 1 fully saturated rings. The van der Waals surface area contributed by atoms with Crippen LogP contribution in [-0.2, 0) is 14.4 Å². The van der Waals surface area contributed by atoms with Gasteiger partial charge in [-0.05, 0) is 31.2 Å². The summed E-state index contributed by atoms with van der Waals surface area (Å²) in [6.07, 6.45) is 0.298. The average molecular weight is 406 g/mol. The first-order chi connectivity index (χ1) is 14.3. The highest BCUT2D eigenvalue weighted by molar-refractivity contribution is 6.29. The van der Waals surface area contributed by atoms with Crippen LogP contribution in [-0.4, -0.2) is 23.8 Å². The van der Waals surface area contributed by atoms with Crippen molar-refractivity contribution in [3.8, 4) is 0 Å². The third-order valence-corrected chi connectivity index (χ3v) is 4.62. The Morgan fingerprint density at radius 3 is 2.23 bits per heavy atom. The monoisotopic (exact) mass is 406 g/mol. The summed E-state index contributed by atoms with van der Waals surface area (Å²) in [6, 6.07) is 12.8. The van der Waals surface area contributed by atoms with E-state index in [1.165, 1.54) is 0 Å². The maximum atomic E-state index is 13.0. The zero-order chi connectivity index (χ0) is 21.8. The maximum Gasteiger partial charge on any atom is 0.335 e. The van der Waals surface area contributed by atoms with Crippen molar-refractivity contribution in [2.75, 3.05) is 15.5 Å². The molecule has 0 spiro atoms. The van der Waals surface area contributed by atoms with Gasteiger partial charge in [0.25, 0.3) is 5.91 Å². The van der Waals surface area contributed by atoms with Gasteiger partial charge < -0.3 is 10.6 Å². The predicted molar refractivity (Wildman–Crippen MR) is 114 cm³/mol. The average Bonchev–Trinajstić information content (AvgIpc) is 2.70. The van der Waals surface area contributed by atoms with E-state index in [9.17, 15) is 19.2 Å². The molecule has 3 N–H and O–H groups in total. The largest absolute Gasteiger partial charge is 0.357 e. The first-order valence-corrected chi connectivity index (χ1v) is 9.42. The molecule has 0 bridgehead atoms. The van der Waals surface area contributed by atoms with Gasteiger partial charge >= 0.3 is 6.03 Å². The molecule has 0 unspecified atom stereocenters. The normalized spacial score (nSPS) is 16.1. The van der Waals surface area contributed by atoms with Crippen molar-refractivity contribution in [2.24, 2.45) is 5.92 Å². The van der Waals surface area contributed by atoms with Crippen molar-refractivity contribution < 1.29 is 19.2 Å². The highest BCUT2D eigenvalue weighted by Crippen LogP contribution is 2.28. The van der Waals surface area contributed by atoms with Gasteiger partial charge in [-0.25, -0.2) is 9.69 Å². The van der Waals surface area contributed by atoms with Gasteiger partial charge in [0.15, 0.2) is 5.92 Å². The summed E-state index contributed by atoms with van der Waals surface area (Å²) in [5.74, 6) is -2.97. The molecule has 1 atom stereocenters. The molecule has 1 aliphatic heterocycles. The number of nitrogens with zero attached hydrogens (tertiary/aromatic N) is 1. The Labute approximate surface area is 173 Å². The number of carbonyl (C=O) groups excluding carboxylic acids is 4. The van der Waals surface area contributed by atoms with E-state index < -0.39 is 23.8 Å². The molecule has 8 heteroatoms. The van der Waals surface area contributed by atoms with Gasteiger partial charge in [0.05, 0.1) is 17.1 Å². The molecule has 0 aromatic heterocycles. The van der Waals surface area contributed by atoms with E-state index in [-0.39, 0.29) is 11.6 Å². The molecular weight excluding hydrogens is 384 g/mol. The molecule has 1 saturated heterocycles. The highest BCUT2D eigenvalue weighted by atomic mass is 16.2. The lowest BCUT2D eigenvalue weighted by atomic mass is 10.00. The van der Waals surface area contributed by atoms with Crippen molar-refractivity contribution in [3.05, 3.63) is 66.4 Å². The number of aryl methyl sites for hydroxylation is 1. The molecule has 0 aliphatic carbocycles. The Kier molecular flexibility index (Phi) is 5.96. The first-order valence-electron chi connectivity index (χ1n) is 9.42. The molecule has 30 heavy (non-hydrogen) atoms. The van der Waals surface area contributed by atoms with Crippen molar-refractivity contribution in [3.63, 3.8) is 0 Å². The van der Waals surface area contributed by atoms with Crippen molar-refractivity contribution in [2.45, 2.75) is 20.3 Å². The molecule has 1 aliphatic rings. The minimum Gasteiger partial charge on any atom is -0.357 e. The van der Waals surface area contributed by atoms with E-state index >= 15 is 0 Å². The number of anilines is 3. The molecule has 154 valence electrons. The second-order valence-corrected chi connectivity index (χ2v) is 6.83. The van der Waals surface area contributed by atoms with Gasteiger partial charge in [0, 0.05) is 12.1 Å². The lowest BCUT2D eigenvalue weighted by Crippen LogP contribution is -2.59. The fourth-order valence-electron chi connectivity index (χ4n) is 3.01. The summed E-state index contributed by atoms with van der Waals surface area (Å²) in [4.78, 5) is 50.5. The standard InChI is InChI=1S/C22H22N4O4/c1-4-18(27)24-17-8-6-5-7-16(17)23-14(3)19-20(28)25-22(30)26(21(19)29)15-11-9-13(2)10-12-15/h5-12,19,23H,3-4H2,1-2H3,(H,24,27)(H,25,28,30)/t19-/m0/s1. The van der Waals surface area contributed by atoms with E-state index in [1.807, 2.05) is 6.92 Å². The van der Waals surface area contributed by atoms with Crippen molar-refractivity contribution in [1.29, 1.82) is 0 Å². The van der Waals surface area contributed by atoms with Gasteiger partial charge in [0.2, 0.25) is 11.8 Å². The summed E-state index contributed by atoms with van der Waals surface area (Å²) >= 11 is 0. The molecule has 2 aromatic rings. The lowest BCUT2D eigenvalue weighted by molar-refractivity contribution is -0.132. The summed E-state index contributed by atoms with van der Waals surface area (Å²) in [7, 11) is 0. The number of hydrogen-bond donors (Lipinski definition) is 3. The fraction of sp³-hybridized carbons (Fsp3) is 0.182. The minimum absolute atomic E-state index is 0.0836. The molecule has 2 aromatic carbocycles. The van der Waals surface area contributed by atoms with E-state index in [0.717, 1.165) is 10.5 Å². The predicted octanol–water partition coefficient (Wildman–Crippen LogP) is 3.17. The van der Waals surface area contributed by atoms with Crippen LogP contribution in [0.3, 0.4) is 0 Å². The van der Waals surface area contributed by atoms with Crippen LogP contribution in [0.5, 0.6) is 0 Å². The van der Waals surface area contributed by atoms with Gasteiger partial charge in [-0.15, -0.1) is 0 Å². The fourth-order valence-corrected chi connectivity index (χ4v) is 3.01. The number of para-hydroxylation sites is 2. The van der Waals surface area contributed by atoms with Crippen LogP contribution in [0.4, 0.5) is 21.9 Å². The Morgan fingerprint density at radius 1 is 1.03 bits per heavy atom. The van der Waals surface area contributed by atoms with E-state index in [2.05, 4.69) is 22.5 Å². The van der Waals surface area contributed by atoms with Crippen LogP contribution >= 0.6 is 0 Å². The Balaban J connectivity index is 1.86. The number of imide groups is 2. The number of nitrogens with one attached hydrogen (secondary N) is 3. The van der Waals surface area contributed by atoms with Crippen LogP contribution in [0.25, 0.3) is 0 Å². The third-order valence-electron chi connectivity index (χ3n) is 4.62. The Bertz CT molecular complexity index is 1030. The topological polar surface area (TPSA) is 108 Å². The number of benzene rings is 2. The number of amides is 5. The molecule has 3 rings (SSSR count). The highest BCUT2D eigenvalue weighted by Gasteiger charge is 2.43. The third kappa shape index (κ3) is 4.22. The van der Waals surface area contributed by atoms with Gasteiger partial charge in [-0.1, -0.05) is 43.3 Å². The lowest BCUT2D eigenvalue weighted by Gasteiger charge is -2.31. The van der Waals surface area contributed by atoms with E-state index in [4.69, 9.17) is 0 Å². The van der Waals surface area contributed by atoms with Crippen molar-refractivity contribution in [1.82, 2.24) is 5.32 Å². The first kappa shape index (κ1) is 20.8. The van der Waals surface area contributed by atoms with Gasteiger partial charge in [-0.2, -0.15) is 0 Å². The summed E-state index contributed by atoms with van der Waals surface area (Å²) < 4.78 is 0. The summed E-state index contributed by atoms with van der Waals surface area (Å²) in [5.41, 5.74) is 2.36. The van der Waals surface area contributed by atoms with E-state index in [1.54, 1.807) is 55.5 Å². The number of hydrogen-bond acceptors (Lipinski definition) is 5. The second-order valence-electron chi connectivity index (χ2n) is 6.83. The zero-order valence-corrected chi connectivity index (χ0v) is 16.7.